The second-order valence-electron chi connectivity index (χ2n) is 7.96. The molecule has 0 aromatic heterocycles. The van der Waals surface area contributed by atoms with Crippen molar-refractivity contribution in [1.29, 1.82) is 5.26 Å². The van der Waals surface area contributed by atoms with Gasteiger partial charge in [0.25, 0.3) is 0 Å². The van der Waals surface area contributed by atoms with E-state index in [2.05, 4.69) is 32.3 Å². The van der Waals surface area contributed by atoms with Gasteiger partial charge in [0.1, 0.15) is 5.92 Å². The van der Waals surface area contributed by atoms with Crippen molar-refractivity contribution in [3.63, 3.8) is 0 Å². The highest BCUT2D eigenvalue weighted by Crippen LogP contribution is 2.51. The number of fused-ring (bicyclic) bond motifs is 1. The Morgan fingerprint density at radius 3 is 2.45 bits per heavy atom. The molecule has 3 aliphatic rings. The van der Waals surface area contributed by atoms with Crippen LogP contribution in [0.1, 0.15) is 39.5 Å². The van der Waals surface area contributed by atoms with E-state index in [9.17, 15) is 14.9 Å². The number of carbonyl (C=O) groups excluding carboxylic acids is 2. The number of piperidine rings is 1. The van der Waals surface area contributed by atoms with Crippen LogP contribution in [-0.4, -0.2) is 31.8 Å². The van der Waals surface area contributed by atoms with Gasteiger partial charge in [-0.25, -0.2) is 0 Å². The van der Waals surface area contributed by atoms with Gasteiger partial charge >= 0.3 is 0 Å². The third-order valence-corrected chi connectivity index (χ3v) is 5.59. The second kappa shape index (κ2) is 4.92. The van der Waals surface area contributed by atoms with Crippen molar-refractivity contribution in [2.24, 2.45) is 16.7 Å². The fourth-order valence-electron chi connectivity index (χ4n) is 4.47. The minimum absolute atomic E-state index is 0.124. The van der Waals surface area contributed by atoms with Crippen molar-refractivity contribution in [2.75, 3.05) is 20.1 Å². The number of carbonyl (C=O) groups is 2. The number of nitriles is 1. The van der Waals surface area contributed by atoms with Gasteiger partial charge in [-0.15, -0.1) is 0 Å². The van der Waals surface area contributed by atoms with Crippen molar-refractivity contribution in [1.82, 2.24) is 5.32 Å². The molecule has 1 spiro atoms. The van der Waals surface area contributed by atoms with Crippen molar-refractivity contribution in [2.45, 2.75) is 39.5 Å². The first-order chi connectivity index (χ1) is 10.3. The monoisotopic (exact) mass is 302 g/mol. The molecule has 1 fully saturated rings. The van der Waals surface area contributed by atoms with Crippen LogP contribution in [-0.2, 0) is 9.59 Å². The average molecular weight is 302 g/mol. The largest absolute Gasteiger partial charge is 0.337 e. The quantitative estimate of drug-likeness (QED) is 0.671. The van der Waals surface area contributed by atoms with Gasteiger partial charge in [0.15, 0.2) is 5.78 Å². The maximum Gasteiger partial charge on any atom is 0.242 e. The van der Waals surface area contributed by atoms with Gasteiger partial charge in [0.05, 0.1) is 26.2 Å². The van der Waals surface area contributed by atoms with Gasteiger partial charge in [0, 0.05) is 35.9 Å². The lowest BCUT2D eigenvalue weighted by Crippen LogP contribution is -3.10. The van der Waals surface area contributed by atoms with Crippen molar-refractivity contribution >= 4 is 11.7 Å². The topological polar surface area (TPSA) is 74.4 Å². The third-order valence-electron chi connectivity index (χ3n) is 5.59. The van der Waals surface area contributed by atoms with E-state index in [0.29, 0.717) is 12.8 Å². The first-order valence-corrected chi connectivity index (χ1v) is 8.08. The summed E-state index contributed by atoms with van der Waals surface area (Å²) in [7, 11) is 2.12. The molecule has 2 aliphatic heterocycles. The molecule has 0 bridgehead atoms. The Morgan fingerprint density at radius 2 is 1.86 bits per heavy atom. The summed E-state index contributed by atoms with van der Waals surface area (Å²) in [5.41, 5.74) is 0.878. The van der Waals surface area contributed by atoms with E-state index in [1.807, 2.05) is 0 Å². The highest BCUT2D eigenvalue weighted by atomic mass is 16.2. The second-order valence-corrected chi connectivity index (χ2v) is 7.96. The Balaban J connectivity index is 2.13. The maximum atomic E-state index is 12.8. The highest BCUT2D eigenvalue weighted by molar-refractivity contribution is 6.02. The molecule has 0 aromatic rings. The number of allylic oxidation sites excluding steroid dienone is 2. The molecule has 5 heteroatoms. The van der Waals surface area contributed by atoms with Crippen LogP contribution in [0.3, 0.4) is 0 Å². The summed E-state index contributed by atoms with van der Waals surface area (Å²) in [4.78, 5) is 26.7. The summed E-state index contributed by atoms with van der Waals surface area (Å²) in [6, 6.07) is 2.20. The van der Waals surface area contributed by atoms with Crippen LogP contribution < -0.4 is 10.2 Å². The lowest BCUT2D eigenvalue weighted by atomic mass is 9.57. The predicted octanol–water partition coefficient (Wildman–Crippen LogP) is 0.194. The molecule has 1 amide bonds. The lowest BCUT2D eigenvalue weighted by molar-refractivity contribution is -0.887. The smallest absolute Gasteiger partial charge is 0.242 e. The van der Waals surface area contributed by atoms with E-state index < -0.39 is 11.3 Å². The van der Waals surface area contributed by atoms with E-state index in [1.165, 1.54) is 4.90 Å². The van der Waals surface area contributed by atoms with Gasteiger partial charge in [-0.05, 0) is 11.8 Å². The zero-order chi connectivity index (χ0) is 16.1. The van der Waals surface area contributed by atoms with Crippen molar-refractivity contribution < 1.29 is 14.5 Å². The van der Waals surface area contributed by atoms with Gasteiger partial charge in [-0.2, -0.15) is 5.26 Å². The van der Waals surface area contributed by atoms with E-state index in [4.69, 9.17) is 0 Å². The Hall–Kier alpha value is -1.67. The number of likely N-dealkylation sites (tertiary alicyclic amines) is 1. The van der Waals surface area contributed by atoms with Gasteiger partial charge < -0.3 is 10.2 Å². The molecular formula is C17H24N3O2+. The molecule has 0 aromatic carbocycles. The van der Waals surface area contributed by atoms with E-state index >= 15 is 0 Å². The summed E-state index contributed by atoms with van der Waals surface area (Å²) < 4.78 is 0. The third kappa shape index (κ3) is 2.17. The molecular weight excluding hydrogens is 278 g/mol. The summed E-state index contributed by atoms with van der Waals surface area (Å²) >= 11 is 0. The van der Waals surface area contributed by atoms with E-state index in [1.54, 1.807) is 0 Å². The molecule has 0 radical (unpaired) electrons. The molecule has 118 valence electrons. The van der Waals surface area contributed by atoms with Crippen LogP contribution >= 0.6 is 0 Å². The zero-order valence-corrected chi connectivity index (χ0v) is 13.6. The molecule has 0 saturated carbocycles. The van der Waals surface area contributed by atoms with E-state index in [-0.39, 0.29) is 17.1 Å². The fourth-order valence-corrected chi connectivity index (χ4v) is 4.47. The Labute approximate surface area is 131 Å². The zero-order valence-electron chi connectivity index (χ0n) is 13.6. The number of quaternary nitrogens is 1. The number of ketones is 1. The number of nitrogens with one attached hydrogen (secondary N) is 2. The molecule has 22 heavy (non-hydrogen) atoms. The first-order valence-electron chi connectivity index (χ1n) is 8.08. The number of rotatable bonds is 0. The van der Waals surface area contributed by atoms with Crippen LogP contribution in [0.15, 0.2) is 11.3 Å². The minimum atomic E-state index is -0.732. The predicted molar refractivity (Wildman–Crippen MR) is 80.6 cm³/mol. The minimum Gasteiger partial charge on any atom is -0.337 e. The van der Waals surface area contributed by atoms with Crippen molar-refractivity contribution in [3.8, 4) is 6.07 Å². The molecule has 5 nitrogen and oxygen atoms in total. The fraction of sp³-hybridized carbons (Fsp3) is 0.706. The molecule has 2 N–H and O–H groups in total. The number of Topliss-reactive ketones (excluding diaryl/α,β-unsaturated/α-hetero) is 1. The molecule has 1 atom stereocenters. The number of hydrogen-bond donors (Lipinski definition) is 2. The Bertz CT molecular complexity index is 604. The summed E-state index contributed by atoms with van der Waals surface area (Å²) in [6.07, 6.45) is 2.71. The van der Waals surface area contributed by atoms with Crippen LogP contribution in [0.25, 0.3) is 0 Å². The number of nitrogens with zero attached hydrogens (tertiary/aromatic N) is 1. The molecule has 3 rings (SSSR count). The molecule has 2 heterocycles. The first kappa shape index (κ1) is 15.2. The average Bonchev–Trinajstić information content (AvgIpc) is 2.40. The maximum absolute atomic E-state index is 12.8. The standard InChI is InChI=1S/C17H23N3O2/c1-16(2)8-12-14(13(21)9-16)17(4-6-20(3)7-5-17)11(10-18)15(22)19-12/h11H,4-9H2,1-3H3,(H,19,22)/p+1. The SMILES string of the molecule is C[NH+]1CCC2(CC1)C1=C(CC(C)(C)CC1=O)NC(=O)C2C#N. The van der Waals surface area contributed by atoms with Gasteiger partial charge in [-0.3, -0.25) is 9.59 Å². The Morgan fingerprint density at radius 1 is 1.23 bits per heavy atom. The van der Waals surface area contributed by atoms with E-state index in [0.717, 1.165) is 37.2 Å². The summed E-state index contributed by atoms with van der Waals surface area (Å²) in [6.45, 7) is 5.92. The normalized spacial score (nSPS) is 37.5. The Kier molecular flexibility index (Phi) is 3.41. The number of amides is 1. The molecule has 1 saturated heterocycles. The number of hydrogen-bond acceptors (Lipinski definition) is 3. The molecule has 1 aliphatic carbocycles. The van der Waals surface area contributed by atoms with Gasteiger partial charge in [0.2, 0.25) is 5.91 Å². The molecule has 1 unspecified atom stereocenters. The van der Waals surface area contributed by atoms with Crippen LogP contribution in [0, 0.1) is 28.1 Å². The van der Waals surface area contributed by atoms with Crippen LogP contribution in [0.5, 0.6) is 0 Å². The summed E-state index contributed by atoms with van der Waals surface area (Å²) in [5.74, 6) is -0.818. The lowest BCUT2D eigenvalue weighted by Gasteiger charge is -2.48. The van der Waals surface area contributed by atoms with Crippen molar-refractivity contribution in [3.05, 3.63) is 11.3 Å². The van der Waals surface area contributed by atoms with Gasteiger partial charge in [-0.1, -0.05) is 13.8 Å². The van der Waals surface area contributed by atoms with Crippen LogP contribution in [0.2, 0.25) is 0 Å². The van der Waals surface area contributed by atoms with Crippen LogP contribution in [0.4, 0.5) is 0 Å². The summed E-state index contributed by atoms with van der Waals surface area (Å²) in [5, 5.41) is 12.5. The highest BCUT2D eigenvalue weighted by Gasteiger charge is 2.56.